The van der Waals surface area contributed by atoms with Crippen LogP contribution in [-0.4, -0.2) is 39.1 Å². The van der Waals surface area contributed by atoms with Crippen LogP contribution in [-0.2, 0) is 14.2 Å². The highest BCUT2D eigenvalue weighted by molar-refractivity contribution is 4.47. The molecule has 0 aromatic heterocycles. The molecule has 3 nitrogen and oxygen atoms in total. The van der Waals surface area contributed by atoms with Crippen LogP contribution in [0.15, 0.2) is 0 Å². The van der Waals surface area contributed by atoms with E-state index in [0.717, 1.165) is 26.1 Å². The molecule has 0 saturated carbocycles. The fourth-order valence-corrected chi connectivity index (χ4v) is 1.09. The van der Waals surface area contributed by atoms with Gasteiger partial charge >= 0.3 is 0 Å². The van der Waals surface area contributed by atoms with Gasteiger partial charge in [-0.25, -0.2) is 0 Å². The lowest BCUT2D eigenvalue weighted by Crippen LogP contribution is -2.18. The third-order valence-corrected chi connectivity index (χ3v) is 1.97. The van der Waals surface area contributed by atoms with Gasteiger partial charge in [0.2, 0.25) is 0 Å². The van der Waals surface area contributed by atoms with E-state index < -0.39 is 0 Å². The highest BCUT2D eigenvalue weighted by atomic mass is 16.5. The lowest BCUT2D eigenvalue weighted by Gasteiger charge is -2.13. The molecule has 0 heterocycles. The van der Waals surface area contributed by atoms with Crippen molar-refractivity contribution in [2.45, 2.75) is 46.1 Å². The summed E-state index contributed by atoms with van der Waals surface area (Å²) in [4.78, 5) is 0. The first-order chi connectivity index (χ1) is 7.31. The van der Waals surface area contributed by atoms with Gasteiger partial charge < -0.3 is 14.2 Å². The highest BCUT2D eigenvalue weighted by Crippen LogP contribution is 1.95. The second-order valence-electron chi connectivity index (χ2n) is 3.72. The van der Waals surface area contributed by atoms with Crippen molar-refractivity contribution in [1.29, 1.82) is 0 Å². The molecule has 92 valence electrons. The molecule has 1 atom stereocenters. The van der Waals surface area contributed by atoms with Gasteiger partial charge in [0, 0.05) is 13.2 Å². The van der Waals surface area contributed by atoms with E-state index in [0.29, 0.717) is 19.8 Å². The molecule has 0 radical (unpaired) electrons. The summed E-state index contributed by atoms with van der Waals surface area (Å²) in [6.45, 7) is 10.00. The average molecular weight is 218 g/mol. The van der Waals surface area contributed by atoms with Gasteiger partial charge in [0.15, 0.2) is 0 Å². The van der Waals surface area contributed by atoms with Gasteiger partial charge in [-0.05, 0) is 19.8 Å². The normalized spacial score (nSPS) is 13.0. The fourth-order valence-electron chi connectivity index (χ4n) is 1.09. The molecular formula is C12H26O3. The van der Waals surface area contributed by atoms with Crippen LogP contribution < -0.4 is 0 Å². The van der Waals surface area contributed by atoms with Crippen molar-refractivity contribution in [2.75, 3.05) is 33.0 Å². The molecule has 0 spiro atoms. The lowest BCUT2D eigenvalue weighted by molar-refractivity contribution is -0.0238. The molecule has 0 aliphatic rings. The molecule has 15 heavy (non-hydrogen) atoms. The third-order valence-electron chi connectivity index (χ3n) is 1.97. The maximum atomic E-state index is 5.54. The Balaban J connectivity index is 3.06. The smallest absolute Gasteiger partial charge is 0.0780 e. The van der Waals surface area contributed by atoms with E-state index in [-0.39, 0.29) is 6.10 Å². The van der Waals surface area contributed by atoms with Crippen molar-refractivity contribution in [2.24, 2.45) is 0 Å². The molecule has 0 rings (SSSR count). The van der Waals surface area contributed by atoms with Crippen LogP contribution in [0.4, 0.5) is 0 Å². The van der Waals surface area contributed by atoms with Crippen LogP contribution >= 0.6 is 0 Å². The Morgan fingerprint density at radius 1 is 0.867 bits per heavy atom. The van der Waals surface area contributed by atoms with Crippen molar-refractivity contribution in [3.63, 3.8) is 0 Å². The summed E-state index contributed by atoms with van der Waals surface area (Å²) in [5, 5.41) is 0. The number of hydrogen-bond acceptors (Lipinski definition) is 3. The fraction of sp³-hybridized carbons (Fsp3) is 1.00. The summed E-state index contributed by atoms with van der Waals surface area (Å²) >= 11 is 0. The second kappa shape index (κ2) is 12.0. The molecule has 0 aromatic carbocycles. The second-order valence-corrected chi connectivity index (χ2v) is 3.72. The zero-order valence-electron chi connectivity index (χ0n) is 10.5. The van der Waals surface area contributed by atoms with Crippen LogP contribution in [0, 0.1) is 0 Å². The average Bonchev–Trinajstić information content (AvgIpc) is 2.23. The molecule has 0 aliphatic carbocycles. The van der Waals surface area contributed by atoms with Gasteiger partial charge in [-0.2, -0.15) is 0 Å². The van der Waals surface area contributed by atoms with E-state index in [4.69, 9.17) is 14.2 Å². The van der Waals surface area contributed by atoms with E-state index >= 15 is 0 Å². The summed E-state index contributed by atoms with van der Waals surface area (Å²) in [6, 6.07) is 0. The molecule has 1 unspecified atom stereocenters. The van der Waals surface area contributed by atoms with Crippen LogP contribution in [0.3, 0.4) is 0 Å². The van der Waals surface area contributed by atoms with Gasteiger partial charge in [0.1, 0.15) is 0 Å². The first-order valence-electron chi connectivity index (χ1n) is 6.08. The molecule has 3 heteroatoms. The lowest BCUT2D eigenvalue weighted by atomic mass is 10.3. The molecule has 0 N–H and O–H groups in total. The summed E-state index contributed by atoms with van der Waals surface area (Å²) in [7, 11) is 0. The number of unbranched alkanes of at least 4 members (excludes halogenated alkanes) is 1. The summed E-state index contributed by atoms with van der Waals surface area (Å²) in [5.74, 6) is 0. The Morgan fingerprint density at radius 2 is 1.60 bits per heavy atom. The van der Waals surface area contributed by atoms with Crippen LogP contribution in [0.2, 0.25) is 0 Å². The van der Waals surface area contributed by atoms with Gasteiger partial charge in [-0.15, -0.1) is 0 Å². The Labute approximate surface area is 94.1 Å². The van der Waals surface area contributed by atoms with Gasteiger partial charge in [-0.3, -0.25) is 0 Å². The number of rotatable bonds is 11. The summed E-state index contributed by atoms with van der Waals surface area (Å²) < 4.78 is 16.3. The van der Waals surface area contributed by atoms with E-state index in [2.05, 4.69) is 13.8 Å². The van der Waals surface area contributed by atoms with Crippen molar-refractivity contribution < 1.29 is 14.2 Å². The van der Waals surface area contributed by atoms with Gasteiger partial charge in [0.05, 0.1) is 25.9 Å². The number of hydrogen-bond donors (Lipinski definition) is 0. The van der Waals surface area contributed by atoms with E-state index in [1.165, 1.54) is 6.42 Å². The summed E-state index contributed by atoms with van der Waals surface area (Å²) in [6.07, 6.45) is 3.57. The van der Waals surface area contributed by atoms with E-state index in [1.807, 2.05) is 6.92 Å². The summed E-state index contributed by atoms with van der Waals surface area (Å²) in [5.41, 5.74) is 0. The predicted octanol–water partition coefficient (Wildman–Crippen LogP) is 2.63. The van der Waals surface area contributed by atoms with Crippen molar-refractivity contribution in [1.82, 2.24) is 0 Å². The topological polar surface area (TPSA) is 27.7 Å². The maximum Gasteiger partial charge on any atom is 0.0780 e. The van der Waals surface area contributed by atoms with E-state index in [9.17, 15) is 0 Å². The highest BCUT2D eigenvalue weighted by Gasteiger charge is 2.01. The minimum atomic E-state index is 0.197. The third kappa shape index (κ3) is 11.8. The molecular weight excluding hydrogens is 192 g/mol. The first-order valence-corrected chi connectivity index (χ1v) is 6.08. The Bertz CT molecular complexity index is 117. The molecule has 0 fully saturated rings. The van der Waals surface area contributed by atoms with E-state index in [1.54, 1.807) is 0 Å². The van der Waals surface area contributed by atoms with Crippen molar-refractivity contribution in [3.8, 4) is 0 Å². The molecule has 0 amide bonds. The molecule has 0 aromatic rings. The Morgan fingerprint density at radius 3 is 2.27 bits per heavy atom. The zero-order valence-corrected chi connectivity index (χ0v) is 10.5. The van der Waals surface area contributed by atoms with Crippen LogP contribution in [0.5, 0.6) is 0 Å². The largest absolute Gasteiger partial charge is 0.379 e. The van der Waals surface area contributed by atoms with Gasteiger partial charge in [0.25, 0.3) is 0 Å². The SMILES string of the molecule is CCCCOC(C)COCCOCCC. The molecule has 0 saturated heterocycles. The minimum Gasteiger partial charge on any atom is -0.379 e. The monoisotopic (exact) mass is 218 g/mol. The zero-order chi connectivity index (χ0) is 11.4. The molecule has 0 aliphatic heterocycles. The van der Waals surface area contributed by atoms with Crippen LogP contribution in [0.1, 0.15) is 40.0 Å². The Kier molecular flexibility index (Phi) is 11.9. The minimum absolute atomic E-state index is 0.197. The standard InChI is InChI=1S/C12H26O3/c1-4-6-8-15-12(3)11-14-10-9-13-7-5-2/h12H,4-11H2,1-3H3. The van der Waals surface area contributed by atoms with Crippen LogP contribution in [0.25, 0.3) is 0 Å². The van der Waals surface area contributed by atoms with Crippen molar-refractivity contribution in [3.05, 3.63) is 0 Å². The quantitative estimate of drug-likeness (QED) is 0.499. The van der Waals surface area contributed by atoms with Crippen molar-refractivity contribution >= 4 is 0 Å². The Hall–Kier alpha value is -0.120. The van der Waals surface area contributed by atoms with Gasteiger partial charge in [-0.1, -0.05) is 20.3 Å². The predicted molar refractivity (Wildman–Crippen MR) is 62.3 cm³/mol. The first kappa shape index (κ1) is 14.9. The number of ether oxygens (including phenoxy) is 3. The molecule has 0 bridgehead atoms. The maximum absolute atomic E-state index is 5.54.